The zero-order valence-corrected chi connectivity index (χ0v) is 14.4. The van der Waals surface area contributed by atoms with Crippen molar-refractivity contribution in [3.63, 3.8) is 0 Å². The number of anilines is 2. The molecule has 0 spiro atoms. The molecule has 0 saturated carbocycles. The molecular formula is C19H16FN5O2. The van der Waals surface area contributed by atoms with Crippen molar-refractivity contribution < 1.29 is 13.6 Å². The molecule has 7 nitrogen and oxygen atoms in total. The number of carbonyl (C=O) groups excluding carboxylic acids is 1. The van der Waals surface area contributed by atoms with Crippen molar-refractivity contribution in [2.45, 2.75) is 19.1 Å². The molecule has 0 radical (unpaired) electrons. The van der Waals surface area contributed by atoms with Gasteiger partial charge in [0.05, 0.1) is 30.5 Å². The van der Waals surface area contributed by atoms with E-state index in [1.165, 1.54) is 0 Å². The molecule has 5 rings (SSSR count). The summed E-state index contributed by atoms with van der Waals surface area (Å²) in [7, 11) is 0. The van der Waals surface area contributed by atoms with Crippen LogP contribution >= 0.6 is 0 Å². The van der Waals surface area contributed by atoms with Gasteiger partial charge in [0.25, 0.3) is 5.91 Å². The average molecular weight is 365 g/mol. The molecule has 2 aliphatic rings. The molecule has 0 N–H and O–H groups in total. The monoisotopic (exact) mass is 365 g/mol. The number of halogens is 1. The van der Waals surface area contributed by atoms with Crippen molar-refractivity contribution in [1.29, 1.82) is 0 Å². The number of pyridine rings is 2. The molecule has 2 aliphatic heterocycles. The van der Waals surface area contributed by atoms with Gasteiger partial charge in [0.1, 0.15) is 17.7 Å². The summed E-state index contributed by atoms with van der Waals surface area (Å²) in [4.78, 5) is 29.0. The van der Waals surface area contributed by atoms with E-state index in [4.69, 9.17) is 4.42 Å². The van der Waals surface area contributed by atoms with Gasteiger partial charge < -0.3 is 9.32 Å². The van der Waals surface area contributed by atoms with Gasteiger partial charge in [-0.15, -0.1) is 0 Å². The summed E-state index contributed by atoms with van der Waals surface area (Å²) in [6.07, 6.45) is 4.67. The van der Waals surface area contributed by atoms with Gasteiger partial charge in [-0.25, -0.2) is 14.4 Å². The molecule has 27 heavy (non-hydrogen) atoms. The van der Waals surface area contributed by atoms with Gasteiger partial charge in [0, 0.05) is 18.9 Å². The molecular weight excluding hydrogens is 349 g/mol. The summed E-state index contributed by atoms with van der Waals surface area (Å²) in [5.41, 5.74) is 1.99. The topological polar surface area (TPSA) is 75.4 Å². The Morgan fingerprint density at radius 1 is 1.22 bits per heavy atom. The lowest BCUT2D eigenvalue weighted by Crippen LogP contribution is -2.23. The van der Waals surface area contributed by atoms with Gasteiger partial charge in [-0.3, -0.25) is 14.7 Å². The third-order valence-corrected chi connectivity index (χ3v) is 4.85. The lowest BCUT2D eigenvalue weighted by molar-refractivity contribution is 0.0972. The third-order valence-electron chi connectivity index (χ3n) is 4.85. The van der Waals surface area contributed by atoms with Crippen LogP contribution in [-0.2, 0) is 6.54 Å². The van der Waals surface area contributed by atoms with Gasteiger partial charge in [0.15, 0.2) is 0 Å². The number of aromatic nitrogens is 3. The van der Waals surface area contributed by atoms with Crippen LogP contribution in [0.4, 0.5) is 15.9 Å². The Kier molecular flexibility index (Phi) is 3.63. The van der Waals surface area contributed by atoms with E-state index in [0.717, 1.165) is 5.82 Å². The first-order valence-electron chi connectivity index (χ1n) is 8.76. The van der Waals surface area contributed by atoms with Crippen molar-refractivity contribution in [2.24, 2.45) is 0 Å². The van der Waals surface area contributed by atoms with Crippen LogP contribution in [0.5, 0.6) is 0 Å². The zero-order chi connectivity index (χ0) is 18.4. The second-order valence-corrected chi connectivity index (χ2v) is 6.63. The van der Waals surface area contributed by atoms with Crippen LogP contribution < -0.4 is 9.80 Å². The Morgan fingerprint density at radius 2 is 2.15 bits per heavy atom. The first kappa shape index (κ1) is 15.9. The first-order valence-corrected chi connectivity index (χ1v) is 8.76. The third kappa shape index (κ3) is 2.73. The fraction of sp³-hybridized carbons (Fsp3) is 0.263. The van der Waals surface area contributed by atoms with E-state index in [-0.39, 0.29) is 11.7 Å². The molecule has 0 unspecified atom stereocenters. The zero-order valence-electron chi connectivity index (χ0n) is 14.4. The highest BCUT2D eigenvalue weighted by atomic mass is 19.1. The summed E-state index contributed by atoms with van der Waals surface area (Å²) < 4.78 is 19.1. The average Bonchev–Trinajstić information content (AvgIpc) is 3.39. The number of rotatable bonds is 3. The van der Waals surface area contributed by atoms with Crippen LogP contribution in [-0.4, -0.2) is 40.1 Å². The van der Waals surface area contributed by atoms with Gasteiger partial charge in [-0.05, 0) is 30.7 Å². The van der Waals surface area contributed by atoms with Crippen LogP contribution in [0.15, 0.2) is 47.3 Å². The number of alkyl halides is 1. The quantitative estimate of drug-likeness (QED) is 0.710. The molecule has 1 amide bonds. The van der Waals surface area contributed by atoms with E-state index in [2.05, 4.69) is 15.0 Å². The van der Waals surface area contributed by atoms with Crippen molar-refractivity contribution in [2.75, 3.05) is 22.9 Å². The maximum Gasteiger partial charge on any atom is 0.296 e. The molecule has 3 aromatic rings. The van der Waals surface area contributed by atoms with E-state index >= 15 is 0 Å². The smallest absolute Gasteiger partial charge is 0.296 e. The first-order chi connectivity index (χ1) is 13.2. The molecule has 3 aromatic heterocycles. The van der Waals surface area contributed by atoms with Gasteiger partial charge in [0.2, 0.25) is 11.7 Å². The SMILES string of the molecule is O=C1c2oc(-c3ccc(N4CC[C@H](F)C4)nc3)nc2CN1c1cccnc1. The standard InChI is InChI=1S/C19H16FN5O2/c20-13-5-7-24(10-13)16-4-3-12(8-22-16)18-23-15-11-25(19(26)17(15)27-18)14-2-1-6-21-9-14/h1-4,6,8-9,13H,5,7,10-11H2/t13-/m0/s1. The van der Waals surface area contributed by atoms with Gasteiger partial charge in [-0.1, -0.05) is 0 Å². The summed E-state index contributed by atoms with van der Waals surface area (Å²) in [5, 5.41) is 0. The van der Waals surface area contributed by atoms with Gasteiger partial charge in [-0.2, -0.15) is 0 Å². The molecule has 0 aliphatic carbocycles. The minimum Gasteiger partial charge on any atom is -0.430 e. The van der Waals surface area contributed by atoms with Crippen molar-refractivity contribution in [3.05, 3.63) is 54.3 Å². The summed E-state index contributed by atoms with van der Waals surface area (Å²) in [6, 6.07) is 7.26. The fourth-order valence-corrected chi connectivity index (χ4v) is 3.44. The lowest BCUT2D eigenvalue weighted by Gasteiger charge is -2.16. The van der Waals surface area contributed by atoms with E-state index in [9.17, 15) is 9.18 Å². The second-order valence-electron chi connectivity index (χ2n) is 6.63. The molecule has 8 heteroatoms. The van der Waals surface area contributed by atoms with E-state index in [0.29, 0.717) is 48.9 Å². The lowest BCUT2D eigenvalue weighted by atomic mass is 10.3. The minimum absolute atomic E-state index is 0.229. The largest absolute Gasteiger partial charge is 0.430 e. The Morgan fingerprint density at radius 3 is 2.81 bits per heavy atom. The fourth-order valence-electron chi connectivity index (χ4n) is 3.44. The van der Waals surface area contributed by atoms with E-state index < -0.39 is 6.17 Å². The molecule has 136 valence electrons. The number of amides is 1. The maximum absolute atomic E-state index is 13.4. The van der Waals surface area contributed by atoms with E-state index in [1.807, 2.05) is 23.1 Å². The summed E-state index contributed by atoms with van der Waals surface area (Å²) in [5.74, 6) is 1.12. The normalized spacial score (nSPS) is 19.0. The highest BCUT2D eigenvalue weighted by molar-refractivity contribution is 6.07. The number of carbonyl (C=O) groups is 1. The summed E-state index contributed by atoms with van der Waals surface area (Å²) in [6.45, 7) is 1.39. The maximum atomic E-state index is 13.4. The minimum atomic E-state index is -0.796. The van der Waals surface area contributed by atoms with E-state index in [1.54, 1.807) is 29.6 Å². The van der Waals surface area contributed by atoms with Crippen LogP contribution in [0.2, 0.25) is 0 Å². The van der Waals surface area contributed by atoms with Crippen LogP contribution in [0, 0.1) is 0 Å². The Balaban J connectivity index is 1.37. The Labute approximate surface area is 154 Å². The Bertz CT molecular complexity index is 989. The number of hydrogen-bond donors (Lipinski definition) is 0. The molecule has 1 saturated heterocycles. The number of fused-ring (bicyclic) bond motifs is 1. The Hall–Kier alpha value is -3.29. The molecule has 1 atom stereocenters. The highest BCUT2D eigenvalue weighted by Crippen LogP contribution is 2.31. The van der Waals surface area contributed by atoms with Crippen LogP contribution in [0.3, 0.4) is 0 Å². The van der Waals surface area contributed by atoms with Gasteiger partial charge >= 0.3 is 0 Å². The van der Waals surface area contributed by atoms with Crippen LogP contribution in [0.25, 0.3) is 11.5 Å². The predicted octanol–water partition coefficient (Wildman–Crippen LogP) is 2.84. The molecule has 5 heterocycles. The van der Waals surface area contributed by atoms with Crippen molar-refractivity contribution in [1.82, 2.24) is 15.0 Å². The van der Waals surface area contributed by atoms with Crippen LogP contribution in [0.1, 0.15) is 22.7 Å². The number of hydrogen-bond acceptors (Lipinski definition) is 6. The number of nitrogens with zero attached hydrogens (tertiary/aromatic N) is 5. The van der Waals surface area contributed by atoms with Crippen molar-refractivity contribution >= 4 is 17.4 Å². The van der Waals surface area contributed by atoms with Crippen molar-refractivity contribution in [3.8, 4) is 11.5 Å². The predicted molar refractivity (Wildman–Crippen MR) is 96.2 cm³/mol. The molecule has 0 aromatic carbocycles. The molecule has 0 bridgehead atoms. The highest BCUT2D eigenvalue weighted by Gasteiger charge is 2.35. The molecule has 1 fully saturated rings. The summed E-state index contributed by atoms with van der Waals surface area (Å²) >= 11 is 0. The second kappa shape index (κ2) is 6.15. The number of oxazole rings is 1.